The van der Waals surface area contributed by atoms with Gasteiger partial charge in [0.15, 0.2) is 0 Å². The Morgan fingerprint density at radius 3 is 2.29 bits per heavy atom. The predicted octanol–water partition coefficient (Wildman–Crippen LogP) is 3.65. The van der Waals surface area contributed by atoms with Crippen LogP contribution in [-0.2, 0) is 13.1 Å². The molecule has 28 heavy (non-hydrogen) atoms. The molecule has 0 aliphatic carbocycles. The molecule has 0 atom stereocenters. The van der Waals surface area contributed by atoms with Gasteiger partial charge in [-0.3, -0.25) is 9.59 Å². The minimum absolute atomic E-state index is 0.00647. The molecule has 0 aliphatic heterocycles. The summed E-state index contributed by atoms with van der Waals surface area (Å²) in [6, 6.07) is 20.7. The predicted molar refractivity (Wildman–Crippen MR) is 110 cm³/mol. The average Bonchev–Trinajstić information content (AvgIpc) is 2.69. The van der Waals surface area contributed by atoms with Gasteiger partial charge in [0.25, 0.3) is 11.5 Å². The summed E-state index contributed by atoms with van der Waals surface area (Å²) >= 11 is 0. The van der Waals surface area contributed by atoms with E-state index in [-0.39, 0.29) is 23.2 Å². The van der Waals surface area contributed by atoms with Crippen LogP contribution in [0.3, 0.4) is 0 Å². The number of aromatic nitrogens is 2. The van der Waals surface area contributed by atoms with E-state index in [1.165, 1.54) is 16.8 Å². The normalized spacial score (nSPS) is 10.9. The van der Waals surface area contributed by atoms with Crippen molar-refractivity contribution in [1.82, 2.24) is 14.7 Å². The van der Waals surface area contributed by atoms with Gasteiger partial charge in [-0.25, -0.2) is 4.68 Å². The fourth-order valence-electron chi connectivity index (χ4n) is 2.96. The summed E-state index contributed by atoms with van der Waals surface area (Å²) in [6.45, 7) is 6.80. The third-order valence-corrected chi connectivity index (χ3v) is 4.62. The monoisotopic (exact) mass is 375 g/mol. The third kappa shape index (κ3) is 4.74. The highest BCUT2D eigenvalue weighted by molar-refractivity contribution is 5.92. The lowest BCUT2D eigenvalue weighted by molar-refractivity contribution is 0.0681. The Bertz CT molecular complexity index is 992. The Balaban J connectivity index is 1.85. The summed E-state index contributed by atoms with van der Waals surface area (Å²) in [5.41, 5.74) is 3.22. The highest BCUT2D eigenvalue weighted by Crippen LogP contribution is 2.12. The van der Waals surface area contributed by atoms with Crippen molar-refractivity contribution in [3.63, 3.8) is 0 Å². The van der Waals surface area contributed by atoms with Crippen molar-refractivity contribution in [2.45, 2.75) is 39.9 Å². The van der Waals surface area contributed by atoms with Crippen molar-refractivity contribution < 1.29 is 4.79 Å². The minimum atomic E-state index is -0.226. The molecule has 0 fully saturated rings. The topological polar surface area (TPSA) is 55.2 Å². The van der Waals surface area contributed by atoms with Crippen LogP contribution in [0.5, 0.6) is 0 Å². The van der Waals surface area contributed by atoms with Gasteiger partial charge in [-0.2, -0.15) is 5.10 Å². The number of amides is 1. The molecule has 0 saturated carbocycles. The van der Waals surface area contributed by atoms with Crippen molar-refractivity contribution in [3.8, 4) is 0 Å². The molecule has 0 unspecified atom stereocenters. The van der Waals surface area contributed by atoms with Gasteiger partial charge in [0, 0.05) is 18.7 Å². The van der Waals surface area contributed by atoms with Crippen LogP contribution in [0.15, 0.2) is 71.5 Å². The van der Waals surface area contributed by atoms with E-state index in [0.717, 1.165) is 16.7 Å². The van der Waals surface area contributed by atoms with E-state index >= 15 is 0 Å². The van der Waals surface area contributed by atoms with Crippen LogP contribution >= 0.6 is 0 Å². The summed E-state index contributed by atoms with van der Waals surface area (Å²) < 4.78 is 1.35. The van der Waals surface area contributed by atoms with Crippen molar-refractivity contribution in [3.05, 3.63) is 99.5 Å². The first-order chi connectivity index (χ1) is 13.4. The largest absolute Gasteiger partial charge is 0.331 e. The fraction of sp³-hybridized carbons (Fsp3) is 0.261. The third-order valence-electron chi connectivity index (χ3n) is 4.62. The molecule has 3 aromatic rings. The number of hydrogen-bond acceptors (Lipinski definition) is 3. The summed E-state index contributed by atoms with van der Waals surface area (Å²) in [5.74, 6) is -0.184. The van der Waals surface area contributed by atoms with E-state index in [9.17, 15) is 9.59 Å². The molecule has 2 aromatic carbocycles. The van der Waals surface area contributed by atoms with E-state index in [1.807, 2.05) is 75.4 Å². The van der Waals surface area contributed by atoms with Gasteiger partial charge in [-0.15, -0.1) is 0 Å². The van der Waals surface area contributed by atoms with Gasteiger partial charge in [-0.1, -0.05) is 60.2 Å². The van der Waals surface area contributed by atoms with E-state index in [4.69, 9.17) is 0 Å². The number of benzene rings is 2. The number of rotatable bonds is 6. The Kier molecular flexibility index (Phi) is 6.04. The summed E-state index contributed by atoms with van der Waals surface area (Å²) in [5, 5.41) is 4.35. The molecule has 5 heteroatoms. The second-order valence-corrected chi connectivity index (χ2v) is 7.21. The van der Waals surface area contributed by atoms with Gasteiger partial charge in [0.05, 0.1) is 6.54 Å². The summed E-state index contributed by atoms with van der Waals surface area (Å²) in [6.07, 6.45) is 0. The van der Waals surface area contributed by atoms with Crippen LogP contribution in [-0.4, -0.2) is 26.6 Å². The smallest absolute Gasteiger partial charge is 0.274 e. The molecule has 0 radical (unpaired) electrons. The molecule has 1 aromatic heterocycles. The molecule has 0 saturated heterocycles. The van der Waals surface area contributed by atoms with Crippen LogP contribution in [0.2, 0.25) is 0 Å². The zero-order valence-electron chi connectivity index (χ0n) is 16.5. The summed E-state index contributed by atoms with van der Waals surface area (Å²) in [7, 11) is 0. The number of aryl methyl sites for hydroxylation is 1. The van der Waals surface area contributed by atoms with E-state index in [2.05, 4.69) is 5.10 Å². The molecule has 1 amide bonds. The lowest BCUT2D eigenvalue weighted by Gasteiger charge is -2.26. The second kappa shape index (κ2) is 8.65. The van der Waals surface area contributed by atoms with Crippen LogP contribution in [0.1, 0.15) is 41.0 Å². The first-order valence-corrected chi connectivity index (χ1v) is 9.42. The van der Waals surface area contributed by atoms with Gasteiger partial charge in [0.2, 0.25) is 0 Å². The molecular formula is C23H25N3O2. The van der Waals surface area contributed by atoms with Gasteiger partial charge in [-0.05, 0) is 38.0 Å². The average molecular weight is 375 g/mol. The maximum Gasteiger partial charge on any atom is 0.274 e. The van der Waals surface area contributed by atoms with Crippen molar-refractivity contribution in [2.24, 2.45) is 0 Å². The molecule has 0 spiro atoms. The molecular weight excluding hydrogens is 350 g/mol. The Morgan fingerprint density at radius 2 is 1.64 bits per heavy atom. The molecule has 1 heterocycles. The fourth-order valence-corrected chi connectivity index (χ4v) is 2.96. The second-order valence-electron chi connectivity index (χ2n) is 7.21. The first kappa shape index (κ1) is 19.5. The van der Waals surface area contributed by atoms with Crippen LogP contribution < -0.4 is 5.56 Å². The number of nitrogens with zero attached hydrogens (tertiary/aromatic N) is 3. The Labute approximate surface area is 165 Å². The van der Waals surface area contributed by atoms with Crippen LogP contribution in [0.25, 0.3) is 0 Å². The van der Waals surface area contributed by atoms with Crippen molar-refractivity contribution in [2.75, 3.05) is 0 Å². The number of carbonyl (C=O) groups is 1. The quantitative estimate of drug-likeness (QED) is 0.661. The molecule has 0 aliphatic rings. The summed E-state index contributed by atoms with van der Waals surface area (Å²) in [4.78, 5) is 27.1. The maximum absolute atomic E-state index is 13.1. The van der Waals surface area contributed by atoms with Crippen LogP contribution in [0, 0.1) is 6.92 Å². The van der Waals surface area contributed by atoms with Gasteiger partial charge >= 0.3 is 0 Å². The zero-order chi connectivity index (χ0) is 20.1. The van der Waals surface area contributed by atoms with Crippen molar-refractivity contribution >= 4 is 5.91 Å². The van der Waals surface area contributed by atoms with Crippen LogP contribution in [0.4, 0.5) is 0 Å². The SMILES string of the molecule is Cc1ccc(Cn2nc(C(=O)N(Cc3ccccc3)C(C)C)ccc2=O)cc1. The van der Waals surface area contributed by atoms with E-state index in [1.54, 1.807) is 4.90 Å². The van der Waals surface area contributed by atoms with E-state index in [0.29, 0.717) is 13.1 Å². The molecule has 3 rings (SSSR count). The molecule has 0 bridgehead atoms. The van der Waals surface area contributed by atoms with Gasteiger partial charge < -0.3 is 4.90 Å². The standard InChI is InChI=1S/C23H25N3O2/c1-17(2)25(15-19-7-5-4-6-8-19)23(28)21-13-14-22(27)26(24-21)16-20-11-9-18(3)10-12-20/h4-14,17H,15-16H2,1-3H3. The Hall–Kier alpha value is -3.21. The highest BCUT2D eigenvalue weighted by Gasteiger charge is 2.21. The van der Waals surface area contributed by atoms with Crippen molar-refractivity contribution in [1.29, 1.82) is 0 Å². The maximum atomic E-state index is 13.1. The molecule has 5 nitrogen and oxygen atoms in total. The number of hydrogen-bond donors (Lipinski definition) is 0. The minimum Gasteiger partial charge on any atom is -0.331 e. The van der Waals surface area contributed by atoms with Gasteiger partial charge in [0.1, 0.15) is 5.69 Å². The molecule has 0 N–H and O–H groups in total. The molecule has 144 valence electrons. The zero-order valence-corrected chi connectivity index (χ0v) is 16.5. The highest BCUT2D eigenvalue weighted by atomic mass is 16.2. The Morgan fingerprint density at radius 1 is 0.964 bits per heavy atom. The lowest BCUT2D eigenvalue weighted by atomic mass is 10.1. The lowest BCUT2D eigenvalue weighted by Crippen LogP contribution is -2.38. The first-order valence-electron chi connectivity index (χ1n) is 9.42. The van der Waals surface area contributed by atoms with E-state index < -0.39 is 0 Å². The number of carbonyl (C=O) groups excluding carboxylic acids is 1.